The van der Waals surface area contributed by atoms with E-state index in [0.29, 0.717) is 5.92 Å². The Morgan fingerprint density at radius 1 is 1.12 bits per heavy atom. The molecule has 2 saturated heterocycles. The summed E-state index contributed by atoms with van der Waals surface area (Å²) in [5.74, 6) is 1.40. The molecular weight excluding hydrogens is 314 g/mol. The van der Waals surface area contributed by atoms with Gasteiger partial charge in [0, 0.05) is 56.9 Å². The third-order valence-electron chi connectivity index (χ3n) is 5.26. The molecule has 2 fully saturated rings. The first-order chi connectivity index (χ1) is 12.3. The number of carbonyl (C=O) groups is 1. The number of carbonyl (C=O) groups excluding carboxylic acids is 1. The number of pyridine rings is 1. The number of urea groups is 1. The molecule has 6 nitrogen and oxygen atoms in total. The summed E-state index contributed by atoms with van der Waals surface area (Å²) in [7, 11) is 0. The molecule has 4 rings (SSSR count). The predicted octanol–water partition coefficient (Wildman–Crippen LogP) is 2.72. The van der Waals surface area contributed by atoms with Gasteiger partial charge in [-0.05, 0) is 37.3 Å². The maximum atomic E-state index is 12.7. The van der Waals surface area contributed by atoms with Crippen molar-refractivity contribution in [3.63, 3.8) is 0 Å². The van der Waals surface area contributed by atoms with E-state index in [9.17, 15) is 4.79 Å². The average Bonchev–Trinajstić information content (AvgIpc) is 3.34. The molecule has 2 aromatic heterocycles. The topological polar surface area (TPSA) is 54.3 Å². The maximum Gasteiger partial charge on any atom is 0.320 e. The molecule has 6 heteroatoms. The van der Waals surface area contributed by atoms with Gasteiger partial charge in [0.2, 0.25) is 0 Å². The van der Waals surface area contributed by atoms with Crippen LogP contribution in [-0.4, -0.2) is 56.5 Å². The monoisotopic (exact) mass is 339 g/mol. The van der Waals surface area contributed by atoms with Gasteiger partial charge in [-0.3, -0.25) is 4.98 Å². The van der Waals surface area contributed by atoms with E-state index < -0.39 is 0 Å². The Balaban J connectivity index is 1.46. The molecule has 2 aliphatic rings. The minimum Gasteiger partial charge on any atom is -0.330 e. The number of nitrogens with zero attached hydrogens (tertiary/aromatic N) is 5. The molecule has 2 aliphatic heterocycles. The number of amides is 2. The fourth-order valence-corrected chi connectivity index (χ4v) is 3.97. The Labute approximate surface area is 148 Å². The molecular formula is C19H25N5O. The molecule has 0 aliphatic carbocycles. The average molecular weight is 339 g/mol. The fourth-order valence-electron chi connectivity index (χ4n) is 3.97. The summed E-state index contributed by atoms with van der Waals surface area (Å²) in [5, 5.41) is 0. The Morgan fingerprint density at radius 3 is 2.76 bits per heavy atom. The van der Waals surface area contributed by atoms with Crippen LogP contribution in [0.1, 0.15) is 43.0 Å². The van der Waals surface area contributed by atoms with Crippen LogP contribution in [0.4, 0.5) is 4.79 Å². The lowest BCUT2D eigenvalue weighted by molar-refractivity contribution is 0.145. The Morgan fingerprint density at radius 2 is 1.96 bits per heavy atom. The minimum atomic E-state index is 0.215. The zero-order chi connectivity index (χ0) is 17.1. The summed E-state index contributed by atoms with van der Waals surface area (Å²) >= 11 is 0. The number of aromatic nitrogens is 3. The number of imidazole rings is 1. The van der Waals surface area contributed by atoms with Crippen LogP contribution in [0, 0.1) is 0 Å². The smallest absolute Gasteiger partial charge is 0.320 e. The van der Waals surface area contributed by atoms with Gasteiger partial charge in [0.25, 0.3) is 0 Å². The number of piperidine rings is 1. The summed E-state index contributed by atoms with van der Waals surface area (Å²) in [6.07, 6.45) is 12.0. The number of hydrogen-bond donors (Lipinski definition) is 0. The van der Waals surface area contributed by atoms with Crippen molar-refractivity contribution >= 4 is 6.03 Å². The van der Waals surface area contributed by atoms with Crippen LogP contribution in [0.5, 0.6) is 0 Å². The molecule has 4 heterocycles. The summed E-state index contributed by atoms with van der Waals surface area (Å²) in [5.41, 5.74) is 1.17. The summed E-state index contributed by atoms with van der Waals surface area (Å²) < 4.78 is 2.20. The first-order valence-corrected chi connectivity index (χ1v) is 9.25. The van der Waals surface area contributed by atoms with Crippen LogP contribution >= 0.6 is 0 Å². The van der Waals surface area contributed by atoms with Crippen LogP contribution < -0.4 is 0 Å². The van der Waals surface area contributed by atoms with Crippen molar-refractivity contribution < 1.29 is 4.79 Å². The van der Waals surface area contributed by atoms with E-state index in [2.05, 4.69) is 20.6 Å². The van der Waals surface area contributed by atoms with Gasteiger partial charge in [-0.15, -0.1) is 0 Å². The number of rotatable bonds is 3. The van der Waals surface area contributed by atoms with Crippen LogP contribution in [0.2, 0.25) is 0 Å². The Hall–Kier alpha value is -2.37. The highest BCUT2D eigenvalue weighted by molar-refractivity contribution is 5.74. The van der Waals surface area contributed by atoms with Gasteiger partial charge in [0.15, 0.2) is 0 Å². The summed E-state index contributed by atoms with van der Waals surface area (Å²) in [6.45, 7) is 4.25. The predicted molar refractivity (Wildman–Crippen MR) is 95.3 cm³/mol. The van der Waals surface area contributed by atoms with Crippen LogP contribution in [0.15, 0.2) is 36.9 Å². The molecule has 25 heavy (non-hydrogen) atoms. The van der Waals surface area contributed by atoms with Gasteiger partial charge in [0.05, 0.1) is 6.54 Å². The van der Waals surface area contributed by atoms with E-state index in [0.717, 1.165) is 64.2 Å². The van der Waals surface area contributed by atoms with Crippen molar-refractivity contribution in [2.45, 2.75) is 38.1 Å². The van der Waals surface area contributed by atoms with E-state index in [1.165, 1.54) is 5.56 Å². The molecule has 2 amide bonds. The Kier molecular flexibility index (Phi) is 4.68. The second kappa shape index (κ2) is 7.25. The quantitative estimate of drug-likeness (QED) is 0.864. The van der Waals surface area contributed by atoms with Crippen LogP contribution in [-0.2, 0) is 6.54 Å². The van der Waals surface area contributed by atoms with Crippen molar-refractivity contribution in [2.24, 2.45) is 0 Å². The molecule has 0 bridgehead atoms. The normalized spacial score (nSPS) is 20.9. The number of hydrogen-bond acceptors (Lipinski definition) is 3. The van der Waals surface area contributed by atoms with Gasteiger partial charge in [-0.2, -0.15) is 0 Å². The molecule has 1 atom stereocenters. The van der Waals surface area contributed by atoms with Crippen molar-refractivity contribution in [2.75, 3.05) is 26.2 Å². The SMILES string of the molecule is O=C(N1CCCC1)N1CCC[C@H](c2nccn2Cc2cccnc2)C1. The summed E-state index contributed by atoms with van der Waals surface area (Å²) in [6, 6.07) is 4.26. The third-order valence-corrected chi connectivity index (χ3v) is 5.26. The van der Waals surface area contributed by atoms with E-state index in [1.807, 2.05) is 34.5 Å². The lowest BCUT2D eigenvalue weighted by atomic mass is 9.97. The highest BCUT2D eigenvalue weighted by atomic mass is 16.2. The Bertz CT molecular complexity index is 708. The van der Waals surface area contributed by atoms with Gasteiger partial charge in [-0.1, -0.05) is 6.07 Å². The van der Waals surface area contributed by atoms with Crippen molar-refractivity contribution in [1.82, 2.24) is 24.3 Å². The first kappa shape index (κ1) is 16.1. The highest BCUT2D eigenvalue weighted by Gasteiger charge is 2.30. The largest absolute Gasteiger partial charge is 0.330 e. The fraction of sp³-hybridized carbons (Fsp3) is 0.526. The molecule has 2 aromatic rings. The standard InChI is InChI=1S/C19H25N5O/c25-19(22-9-1-2-10-22)24-11-4-6-17(15-24)18-21-8-12-23(18)14-16-5-3-7-20-13-16/h3,5,7-8,12-13,17H,1-2,4,6,9-11,14-15H2/t17-/m0/s1. The molecule has 0 N–H and O–H groups in total. The van der Waals surface area contributed by atoms with Gasteiger partial charge in [0.1, 0.15) is 5.82 Å². The molecule has 132 valence electrons. The van der Waals surface area contributed by atoms with Gasteiger partial charge < -0.3 is 14.4 Å². The minimum absolute atomic E-state index is 0.215. The van der Waals surface area contributed by atoms with E-state index in [4.69, 9.17) is 0 Å². The highest BCUT2D eigenvalue weighted by Crippen LogP contribution is 2.27. The first-order valence-electron chi connectivity index (χ1n) is 9.25. The third kappa shape index (κ3) is 3.52. The lowest BCUT2D eigenvalue weighted by Crippen LogP contribution is -2.46. The molecule has 0 aromatic carbocycles. The van der Waals surface area contributed by atoms with E-state index >= 15 is 0 Å². The molecule has 0 spiro atoms. The van der Waals surface area contributed by atoms with Crippen molar-refractivity contribution in [3.8, 4) is 0 Å². The van der Waals surface area contributed by atoms with Crippen molar-refractivity contribution in [1.29, 1.82) is 0 Å². The molecule has 0 radical (unpaired) electrons. The van der Waals surface area contributed by atoms with E-state index in [-0.39, 0.29) is 6.03 Å². The zero-order valence-corrected chi connectivity index (χ0v) is 14.5. The lowest BCUT2D eigenvalue weighted by Gasteiger charge is -2.35. The van der Waals surface area contributed by atoms with Crippen molar-refractivity contribution in [3.05, 3.63) is 48.3 Å². The second-order valence-corrected chi connectivity index (χ2v) is 7.04. The summed E-state index contributed by atoms with van der Waals surface area (Å²) in [4.78, 5) is 25.6. The molecule has 0 saturated carbocycles. The zero-order valence-electron chi connectivity index (χ0n) is 14.5. The molecule has 0 unspecified atom stereocenters. The van der Waals surface area contributed by atoms with Crippen LogP contribution in [0.3, 0.4) is 0 Å². The second-order valence-electron chi connectivity index (χ2n) is 7.04. The number of likely N-dealkylation sites (tertiary alicyclic amines) is 2. The van der Waals surface area contributed by atoms with Gasteiger partial charge >= 0.3 is 6.03 Å². The van der Waals surface area contributed by atoms with E-state index in [1.54, 1.807) is 6.20 Å². The van der Waals surface area contributed by atoms with Crippen LogP contribution in [0.25, 0.3) is 0 Å². The van der Waals surface area contributed by atoms with Gasteiger partial charge in [-0.25, -0.2) is 9.78 Å². The maximum absolute atomic E-state index is 12.7.